The van der Waals surface area contributed by atoms with E-state index < -0.39 is 4.92 Å². The molecular formula is C17H17N3O5S. The molecule has 1 aromatic carbocycles. The van der Waals surface area contributed by atoms with Crippen molar-refractivity contribution < 1.29 is 19.2 Å². The summed E-state index contributed by atoms with van der Waals surface area (Å²) in [6.07, 6.45) is 0. The number of piperazine rings is 1. The van der Waals surface area contributed by atoms with E-state index in [1.54, 1.807) is 34.1 Å². The molecule has 0 unspecified atom stereocenters. The maximum atomic E-state index is 12.7. The Labute approximate surface area is 153 Å². The molecular weight excluding hydrogens is 358 g/mol. The summed E-state index contributed by atoms with van der Waals surface area (Å²) >= 11 is 0.864. The molecule has 2 aromatic rings. The van der Waals surface area contributed by atoms with Crippen molar-refractivity contribution in [1.82, 2.24) is 9.80 Å². The molecule has 2 amide bonds. The van der Waals surface area contributed by atoms with Crippen molar-refractivity contribution in [2.24, 2.45) is 0 Å². The Hall–Kier alpha value is -2.94. The van der Waals surface area contributed by atoms with Crippen LogP contribution in [-0.2, 0) is 0 Å². The van der Waals surface area contributed by atoms with Gasteiger partial charge in [-0.25, -0.2) is 0 Å². The zero-order valence-corrected chi connectivity index (χ0v) is 14.9. The highest BCUT2D eigenvalue weighted by Gasteiger charge is 2.28. The van der Waals surface area contributed by atoms with Crippen LogP contribution in [0.2, 0.25) is 0 Å². The largest absolute Gasteiger partial charge is 0.496 e. The third-order valence-electron chi connectivity index (χ3n) is 4.17. The van der Waals surface area contributed by atoms with Gasteiger partial charge in [-0.15, -0.1) is 0 Å². The number of methoxy groups -OCH3 is 1. The van der Waals surface area contributed by atoms with E-state index in [1.165, 1.54) is 19.2 Å². The molecule has 1 fully saturated rings. The molecule has 136 valence electrons. The SMILES string of the molecule is COc1ccccc1C(=O)N1CCN(C(=O)c2ccc([N+](=O)[O-])s2)CC1. The Morgan fingerprint density at radius 2 is 1.65 bits per heavy atom. The van der Waals surface area contributed by atoms with Gasteiger partial charge >= 0.3 is 5.00 Å². The minimum atomic E-state index is -0.509. The standard InChI is InChI=1S/C17H17N3O5S/c1-25-13-5-3-2-4-12(13)16(21)18-8-10-19(11-9-18)17(22)14-6-7-15(26-14)20(23)24/h2-7H,8-11H2,1H3. The van der Waals surface area contributed by atoms with Gasteiger partial charge < -0.3 is 14.5 Å². The van der Waals surface area contributed by atoms with Gasteiger partial charge in [0.2, 0.25) is 0 Å². The molecule has 0 aliphatic carbocycles. The number of amides is 2. The Morgan fingerprint density at radius 3 is 2.23 bits per heavy atom. The van der Waals surface area contributed by atoms with Gasteiger partial charge in [-0.2, -0.15) is 0 Å². The van der Waals surface area contributed by atoms with E-state index in [2.05, 4.69) is 0 Å². The fourth-order valence-corrected chi connectivity index (χ4v) is 3.59. The van der Waals surface area contributed by atoms with E-state index in [0.717, 1.165) is 11.3 Å². The van der Waals surface area contributed by atoms with Gasteiger partial charge in [0.05, 0.1) is 22.5 Å². The first kappa shape index (κ1) is 17.9. The molecule has 0 atom stereocenters. The van der Waals surface area contributed by atoms with Crippen LogP contribution < -0.4 is 4.74 Å². The van der Waals surface area contributed by atoms with Crippen LogP contribution in [0, 0.1) is 10.1 Å². The van der Waals surface area contributed by atoms with Crippen LogP contribution in [0.4, 0.5) is 5.00 Å². The third-order valence-corrected chi connectivity index (χ3v) is 5.20. The monoisotopic (exact) mass is 375 g/mol. The number of thiophene rings is 1. The number of hydrogen-bond donors (Lipinski definition) is 0. The predicted octanol–water partition coefficient (Wildman–Crippen LogP) is 2.26. The van der Waals surface area contributed by atoms with Gasteiger partial charge in [0.15, 0.2) is 0 Å². The second-order valence-electron chi connectivity index (χ2n) is 5.68. The first-order valence-electron chi connectivity index (χ1n) is 7.97. The van der Waals surface area contributed by atoms with Gasteiger partial charge in [0, 0.05) is 32.2 Å². The summed E-state index contributed by atoms with van der Waals surface area (Å²) < 4.78 is 5.23. The maximum absolute atomic E-state index is 12.7. The average molecular weight is 375 g/mol. The van der Waals surface area contributed by atoms with Crippen molar-refractivity contribution in [2.45, 2.75) is 0 Å². The maximum Gasteiger partial charge on any atom is 0.324 e. The lowest BCUT2D eigenvalue weighted by atomic mass is 10.1. The Kier molecular flexibility index (Phi) is 5.17. The normalized spacial score (nSPS) is 14.2. The zero-order valence-electron chi connectivity index (χ0n) is 14.1. The van der Waals surface area contributed by atoms with E-state index in [4.69, 9.17) is 4.74 Å². The molecule has 1 aliphatic heterocycles. The molecule has 2 heterocycles. The lowest BCUT2D eigenvalue weighted by Gasteiger charge is -2.34. The highest BCUT2D eigenvalue weighted by atomic mass is 32.1. The minimum absolute atomic E-state index is 0.0571. The van der Waals surface area contributed by atoms with E-state index in [1.807, 2.05) is 0 Å². The zero-order chi connectivity index (χ0) is 18.7. The van der Waals surface area contributed by atoms with E-state index in [9.17, 15) is 19.7 Å². The van der Waals surface area contributed by atoms with Gasteiger partial charge in [0.25, 0.3) is 11.8 Å². The average Bonchev–Trinajstić information content (AvgIpc) is 3.17. The van der Waals surface area contributed by atoms with Gasteiger partial charge in [-0.3, -0.25) is 19.7 Å². The fourth-order valence-electron chi connectivity index (χ4n) is 2.80. The van der Waals surface area contributed by atoms with Crippen molar-refractivity contribution >= 4 is 28.2 Å². The van der Waals surface area contributed by atoms with Crippen LogP contribution in [0.5, 0.6) is 5.75 Å². The van der Waals surface area contributed by atoms with E-state index in [0.29, 0.717) is 42.4 Å². The Morgan fingerprint density at radius 1 is 1.04 bits per heavy atom. The summed E-state index contributed by atoms with van der Waals surface area (Å²) in [5.41, 5.74) is 0.489. The molecule has 1 aromatic heterocycles. The molecule has 0 radical (unpaired) electrons. The smallest absolute Gasteiger partial charge is 0.324 e. The second kappa shape index (κ2) is 7.52. The first-order valence-corrected chi connectivity index (χ1v) is 8.78. The molecule has 0 N–H and O–H groups in total. The summed E-state index contributed by atoms with van der Waals surface area (Å²) in [6, 6.07) is 9.82. The Balaban J connectivity index is 1.64. The van der Waals surface area contributed by atoms with E-state index >= 15 is 0 Å². The first-order chi connectivity index (χ1) is 12.5. The van der Waals surface area contributed by atoms with Crippen LogP contribution >= 0.6 is 11.3 Å². The molecule has 0 saturated carbocycles. The lowest BCUT2D eigenvalue weighted by molar-refractivity contribution is -0.380. The van der Waals surface area contributed by atoms with Crippen LogP contribution in [0.15, 0.2) is 36.4 Å². The summed E-state index contributed by atoms with van der Waals surface area (Å²) in [5.74, 6) is 0.135. The molecule has 0 bridgehead atoms. The quantitative estimate of drug-likeness (QED) is 0.604. The molecule has 1 aliphatic rings. The number of nitrogens with zero attached hydrogens (tertiary/aromatic N) is 3. The van der Waals surface area contributed by atoms with Gasteiger partial charge in [-0.1, -0.05) is 23.5 Å². The minimum Gasteiger partial charge on any atom is -0.496 e. The molecule has 3 rings (SSSR count). The number of hydrogen-bond acceptors (Lipinski definition) is 6. The number of ether oxygens (including phenoxy) is 1. The van der Waals surface area contributed by atoms with Crippen LogP contribution in [0.1, 0.15) is 20.0 Å². The summed E-state index contributed by atoms with van der Waals surface area (Å²) in [5, 5.41) is 10.7. The highest BCUT2D eigenvalue weighted by Crippen LogP contribution is 2.26. The number of carbonyl (C=O) groups is 2. The second-order valence-corrected chi connectivity index (χ2v) is 6.74. The molecule has 1 saturated heterocycles. The van der Waals surface area contributed by atoms with Gasteiger partial charge in [0.1, 0.15) is 5.75 Å². The summed E-state index contributed by atoms with van der Waals surface area (Å²) in [6.45, 7) is 1.56. The van der Waals surface area contributed by atoms with Crippen molar-refractivity contribution in [2.75, 3.05) is 33.3 Å². The van der Waals surface area contributed by atoms with Gasteiger partial charge in [-0.05, 0) is 18.2 Å². The van der Waals surface area contributed by atoms with Crippen LogP contribution in [0.3, 0.4) is 0 Å². The Bertz CT molecular complexity index is 842. The molecule has 8 nitrogen and oxygen atoms in total. The predicted molar refractivity (Wildman–Crippen MR) is 95.8 cm³/mol. The molecule has 26 heavy (non-hydrogen) atoms. The number of benzene rings is 1. The summed E-state index contributed by atoms with van der Waals surface area (Å²) in [4.78, 5) is 39.0. The van der Waals surface area contributed by atoms with Crippen molar-refractivity contribution in [3.8, 4) is 5.75 Å². The highest BCUT2D eigenvalue weighted by molar-refractivity contribution is 7.17. The number of rotatable bonds is 4. The fraction of sp³-hybridized carbons (Fsp3) is 0.294. The lowest BCUT2D eigenvalue weighted by Crippen LogP contribution is -2.50. The number of para-hydroxylation sites is 1. The summed E-state index contributed by atoms with van der Waals surface area (Å²) in [7, 11) is 1.52. The molecule has 0 spiro atoms. The number of nitro groups is 1. The van der Waals surface area contributed by atoms with Crippen molar-refractivity contribution in [1.29, 1.82) is 0 Å². The van der Waals surface area contributed by atoms with Crippen molar-refractivity contribution in [3.63, 3.8) is 0 Å². The number of carbonyl (C=O) groups excluding carboxylic acids is 2. The molecule has 9 heteroatoms. The van der Waals surface area contributed by atoms with E-state index in [-0.39, 0.29) is 16.8 Å². The third kappa shape index (κ3) is 3.52. The van der Waals surface area contributed by atoms with Crippen molar-refractivity contribution in [3.05, 3.63) is 57.0 Å². The van der Waals surface area contributed by atoms with Crippen LogP contribution in [-0.4, -0.2) is 59.8 Å². The van der Waals surface area contributed by atoms with Crippen LogP contribution in [0.25, 0.3) is 0 Å². The topological polar surface area (TPSA) is 93.0 Å².